The first-order chi connectivity index (χ1) is 18.7. The van der Waals surface area contributed by atoms with Crippen molar-refractivity contribution in [1.82, 2.24) is 41.9 Å². The molecule has 9 N–H and O–H groups in total. The number of nitrogens with two attached hydrogens (primary N) is 1. The minimum Gasteiger partial charge on any atom is -0.348 e. The monoisotopic (exact) mass is 565 g/mol. The van der Waals surface area contributed by atoms with Gasteiger partial charge in [0.2, 0.25) is 35.4 Å². The van der Waals surface area contributed by atoms with Crippen LogP contribution in [0.5, 0.6) is 0 Å². The zero-order valence-corrected chi connectivity index (χ0v) is 23.4. The van der Waals surface area contributed by atoms with Crippen molar-refractivity contribution in [3.05, 3.63) is 18.2 Å². The highest BCUT2D eigenvalue weighted by Crippen LogP contribution is 2.01. The first kappa shape index (κ1) is 33.7. The number of hydrogen-bond acceptors (Lipinski definition) is 9. The van der Waals surface area contributed by atoms with E-state index in [1.165, 1.54) is 54.1 Å². The number of hydrogen-bond donors (Lipinski definition) is 8. The summed E-state index contributed by atoms with van der Waals surface area (Å²) in [7, 11) is 0. The molecule has 1 aromatic rings. The van der Waals surface area contributed by atoms with E-state index in [4.69, 9.17) is 5.73 Å². The van der Waals surface area contributed by atoms with E-state index in [0.717, 1.165) is 0 Å². The molecule has 1 aromatic heterocycles. The fourth-order valence-corrected chi connectivity index (χ4v) is 3.10. The average molecular weight is 566 g/mol. The predicted octanol–water partition coefficient (Wildman–Crippen LogP) is -3.49. The van der Waals surface area contributed by atoms with Crippen LogP contribution in [-0.2, 0) is 40.0 Å². The molecule has 0 saturated heterocycles. The van der Waals surface area contributed by atoms with Crippen LogP contribution >= 0.6 is 0 Å². The van der Waals surface area contributed by atoms with Crippen molar-refractivity contribution < 1.29 is 33.6 Å². The molecule has 1 rings (SSSR count). The Balaban J connectivity index is 2.78. The summed E-state index contributed by atoms with van der Waals surface area (Å²) in [6, 6.07) is -6.87. The second-order valence-electron chi connectivity index (χ2n) is 9.49. The Bertz CT molecular complexity index is 1060. The lowest BCUT2D eigenvalue weighted by atomic mass is 10.1. The first-order valence-corrected chi connectivity index (χ1v) is 12.7. The van der Waals surface area contributed by atoms with Crippen molar-refractivity contribution in [1.29, 1.82) is 0 Å². The Kier molecular flexibility index (Phi) is 13.4. The molecule has 0 aliphatic carbocycles. The molecule has 0 spiro atoms. The van der Waals surface area contributed by atoms with Crippen LogP contribution < -0.4 is 37.6 Å². The number of aromatic amines is 1. The van der Waals surface area contributed by atoms with E-state index in [1.807, 2.05) is 0 Å². The molecule has 0 aliphatic rings. The number of carbonyl (C=O) groups is 7. The quantitative estimate of drug-likeness (QED) is 0.0982. The smallest absolute Gasteiger partial charge is 0.243 e. The zero-order chi connectivity index (χ0) is 30.6. The molecule has 0 bridgehead atoms. The highest BCUT2D eigenvalue weighted by atomic mass is 16.2. The Morgan fingerprint density at radius 2 is 1.15 bits per heavy atom. The number of nitrogens with zero attached hydrogens (tertiary/aromatic N) is 1. The summed E-state index contributed by atoms with van der Waals surface area (Å²) < 4.78 is 0. The van der Waals surface area contributed by atoms with E-state index in [0.29, 0.717) is 12.0 Å². The van der Waals surface area contributed by atoms with Crippen LogP contribution in [0, 0.1) is 0 Å². The van der Waals surface area contributed by atoms with Crippen molar-refractivity contribution in [2.24, 2.45) is 5.73 Å². The van der Waals surface area contributed by atoms with Gasteiger partial charge in [-0.2, -0.15) is 0 Å². The summed E-state index contributed by atoms with van der Waals surface area (Å²) in [5, 5.41) is 14.7. The molecule has 6 amide bonds. The van der Waals surface area contributed by atoms with Gasteiger partial charge in [0.25, 0.3) is 0 Å². The van der Waals surface area contributed by atoms with Gasteiger partial charge in [-0.15, -0.1) is 0 Å². The van der Waals surface area contributed by atoms with Crippen molar-refractivity contribution in [2.45, 2.75) is 90.3 Å². The summed E-state index contributed by atoms with van der Waals surface area (Å²) in [6.07, 6.45) is 3.40. The lowest BCUT2D eigenvalue weighted by molar-refractivity contribution is -0.134. The number of amides is 6. The third-order valence-corrected chi connectivity index (χ3v) is 5.61. The van der Waals surface area contributed by atoms with Crippen LogP contribution in [0.25, 0.3) is 0 Å². The lowest BCUT2D eigenvalue weighted by Gasteiger charge is -2.24. The maximum Gasteiger partial charge on any atom is 0.243 e. The molecular formula is C24H39N9O7. The summed E-state index contributed by atoms with van der Waals surface area (Å²) in [5.74, 6) is -3.86. The third kappa shape index (κ3) is 11.2. The molecular weight excluding hydrogens is 526 g/mol. The highest BCUT2D eigenvalue weighted by molar-refractivity contribution is 5.96. The van der Waals surface area contributed by atoms with Gasteiger partial charge in [-0.05, 0) is 41.5 Å². The van der Waals surface area contributed by atoms with Crippen LogP contribution in [-0.4, -0.2) is 94.0 Å². The van der Waals surface area contributed by atoms with Crippen molar-refractivity contribution >= 4 is 41.7 Å². The van der Waals surface area contributed by atoms with E-state index in [9.17, 15) is 33.6 Å². The summed E-state index contributed by atoms with van der Waals surface area (Å²) in [6.45, 7) is 8.55. The molecule has 16 nitrogen and oxygen atoms in total. The minimum atomic E-state index is -1.15. The number of rotatable bonds is 15. The fraction of sp³-hybridized carbons (Fsp3) is 0.583. The molecule has 222 valence electrons. The van der Waals surface area contributed by atoms with Crippen LogP contribution in [0.3, 0.4) is 0 Å². The Morgan fingerprint density at radius 3 is 1.57 bits per heavy atom. The molecule has 7 atom stereocenters. The van der Waals surface area contributed by atoms with Crippen LogP contribution in [0.4, 0.5) is 0 Å². The predicted molar refractivity (Wildman–Crippen MR) is 142 cm³/mol. The molecule has 0 aliphatic heterocycles. The maximum absolute atomic E-state index is 13.0. The largest absolute Gasteiger partial charge is 0.348 e. The lowest BCUT2D eigenvalue weighted by Crippen LogP contribution is -2.58. The van der Waals surface area contributed by atoms with Crippen molar-refractivity contribution in [3.63, 3.8) is 0 Å². The van der Waals surface area contributed by atoms with E-state index >= 15 is 0 Å². The molecule has 0 unspecified atom stereocenters. The minimum absolute atomic E-state index is 0.00134. The highest BCUT2D eigenvalue weighted by Gasteiger charge is 2.29. The molecule has 40 heavy (non-hydrogen) atoms. The van der Waals surface area contributed by atoms with Gasteiger partial charge in [0.05, 0.1) is 18.4 Å². The van der Waals surface area contributed by atoms with Gasteiger partial charge >= 0.3 is 0 Å². The van der Waals surface area contributed by atoms with E-state index in [-0.39, 0.29) is 6.42 Å². The zero-order valence-electron chi connectivity index (χ0n) is 23.4. The van der Waals surface area contributed by atoms with Gasteiger partial charge in [-0.1, -0.05) is 0 Å². The molecule has 1 heterocycles. The number of nitrogens with one attached hydrogen (secondary N) is 7. The van der Waals surface area contributed by atoms with E-state index in [1.54, 1.807) is 0 Å². The normalized spacial score (nSPS) is 16.0. The topological polar surface area (TPSA) is 246 Å². The Morgan fingerprint density at radius 1 is 0.725 bits per heavy atom. The van der Waals surface area contributed by atoms with Crippen molar-refractivity contribution in [2.75, 3.05) is 0 Å². The standard InChI is InChI=1S/C24H39N9O7/c1-11(9-34)28-20(36)13(3)30-21(37)14(4)31-22(38)15(5)32-24(40)18(7-17-8-26-10-27-17)33-23(39)16(6)29-19(35)12(2)25/h8-16,18H,7,25H2,1-6H3,(H,26,27)(H,28,36)(H,29,35)(H,30,37)(H,31,38)(H,32,40)(H,33,39)/t11-,12-,13-,14-,15-,16-,18-/m0/s1. The van der Waals surface area contributed by atoms with E-state index in [2.05, 4.69) is 41.9 Å². The van der Waals surface area contributed by atoms with Gasteiger partial charge in [-0.3, -0.25) is 28.8 Å². The maximum atomic E-state index is 13.0. The number of aromatic nitrogens is 2. The third-order valence-electron chi connectivity index (χ3n) is 5.61. The SMILES string of the molecule is C[C@H](N)C(=O)N[C@@H](C)C(=O)N[C@@H](Cc1cnc[nH]1)C(=O)N[C@@H](C)C(=O)N[C@@H](C)C(=O)N[C@@H](C)C(=O)N[C@@H](C)C=O. The number of aldehydes is 1. The number of H-pyrrole nitrogens is 1. The Labute approximate surface area is 231 Å². The van der Waals surface area contributed by atoms with Crippen LogP contribution in [0.1, 0.15) is 47.2 Å². The molecule has 0 saturated carbocycles. The second kappa shape index (κ2) is 15.9. The van der Waals surface area contributed by atoms with Gasteiger partial charge in [0.1, 0.15) is 36.5 Å². The summed E-state index contributed by atoms with van der Waals surface area (Å²) >= 11 is 0. The van der Waals surface area contributed by atoms with E-state index < -0.39 is 77.7 Å². The molecule has 0 aromatic carbocycles. The fourth-order valence-electron chi connectivity index (χ4n) is 3.10. The molecule has 16 heteroatoms. The summed E-state index contributed by atoms with van der Waals surface area (Å²) in [5.41, 5.74) is 6.03. The summed E-state index contributed by atoms with van der Waals surface area (Å²) in [4.78, 5) is 92.0. The number of imidazole rings is 1. The van der Waals surface area contributed by atoms with Gasteiger partial charge < -0.3 is 47.4 Å². The molecule has 0 radical (unpaired) electrons. The number of carbonyl (C=O) groups excluding carboxylic acids is 7. The first-order valence-electron chi connectivity index (χ1n) is 12.7. The average Bonchev–Trinajstić information content (AvgIpc) is 3.40. The van der Waals surface area contributed by atoms with Crippen LogP contribution in [0.15, 0.2) is 12.5 Å². The second-order valence-corrected chi connectivity index (χ2v) is 9.49. The Hall–Kier alpha value is -4.34. The van der Waals surface area contributed by atoms with Gasteiger partial charge in [0, 0.05) is 18.3 Å². The van der Waals surface area contributed by atoms with Crippen LogP contribution in [0.2, 0.25) is 0 Å². The molecule has 0 fully saturated rings. The van der Waals surface area contributed by atoms with Crippen molar-refractivity contribution in [3.8, 4) is 0 Å². The van der Waals surface area contributed by atoms with Gasteiger partial charge in [0.15, 0.2) is 0 Å². The van der Waals surface area contributed by atoms with Gasteiger partial charge in [-0.25, -0.2) is 4.98 Å².